The van der Waals surface area contributed by atoms with E-state index in [2.05, 4.69) is 41.1 Å². The van der Waals surface area contributed by atoms with Crippen LogP contribution in [0.4, 0.5) is 10.2 Å². The lowest BCUT2D eigenvalue weighted by molar-refractivity contribution is -0.144. The fourth-order valence-corrected chi connectivity index (χ4v) is 11.8. The van der Waals surface area contributed by atoms with Crippen molar-refractivity contribution in [3.8, 4) is 34.1 Å². The molecule has 4 N–H and O–H groups in total. The van der Waals surface area contributed by atoms with Gasteiger partial charge in [0.05, 0.1) is 53.3 Å². The minimum absolute atomic E-state index is 0.0859. The van der Waals surface area contributed by atoms with E-state index in [4.69, 9.17) is 47.4 Å². The van der Waals surface area contributed by atoms with E-state index in [1.54, 1.807) is 48.5 Å². The number of ether oxygens (including phenoxy) is 3. The summed E-state index contributed by atoms with van der Waals surface area (Å²) in [4.78, 5) is 46.7. The van der Waals surface area contributed by atoms with Crippen molar-refractivity contribution in [3.05, 3.63) is 123 Å². The zero-order valence-electron chi connectivity index (χ0n) is 43.0. The maximum atomic E-state index is 15.8. The maximum absolute atomic E-state index is 15.8. The molecule has 3 aromatic heterocycles. The van der Waals surface area contributed by atoms with Gasteiger partial charge in [0.1, 0.15) is 48.5 Å². The Bertz CT molecular complexity index is 3370. The average molecular weight is 1090 g/mol. The van der Waals surface area contributed by atoms with Crippen LogP contribution in [0.5, 0.6) is 11.8 Å². The first kappa shape index (κ1) is 52.0. The molecule has 6 unspecified atom stereocenters. The summed E-state index contributed by atoms with van der Waals surface area (Å²) in [6.07, 6.45) is 5.44. The number of aromatic nitrogens is 5. The number of H-pyrrole nitrogens is 1. The Morgan fingerprint density at radius 2 is 1.79 bits per heavy atom. The number of nitrogens with one attached hydrogen (secondary N) is 3. The van der Waals surface area contributed by atoms with Crippen molar-refractivity contribution in [1.29, 1.82) is 0 Å². The summed E-state index contributed by atoms with van der Waals surface area (Å²) in [6.45, 7) is 8.26. The normalized spacial score (nSPS) is 19.8. The summed E-state index contributed by atoms with van der Waals surface area (Å²) in [5.41, 5.74) is 6.17. The van der Waals surface area contributed by atoms with Crippen LogP contribution in [0.1, 0.15) is 67.4 Å². The van der Waals surface area contributed by atoms with Gasteiger partial charge in [0, 0.05) is 72.5 Å². The van der Waals surface area contributed by atoms with E-state index < -0.39 is 23.9 Å². The molecule has 11 rings (SSSR count). The summed E-state index contributed by atoms with van der Waals surface area (Å²) in [6, 6.07) is 20.2. The minimum Gasteiger partial charge on any atom is -0.486 e. The van der Waals surface area contributed by atoms with E-state index in [9.17, 15) is 14.7 Å². The number of hydrogen-bond donors (Lipinski definition) is 4. The van der Waals surface area contributed by atoms with Crippen molar-refractivity contribution in [3.63, 3.8) is 0 Å². The number of carbonyl (C=O) groups is 2. The van der Waals surface area contributed by atoms with Gasteiger partial charge in [0.2, 0.25) is 11.8 Å². The molecule has 7 aromatic rings. The molecule has 400 valence electrons. The third-order valence-electron chi connectivity index (χ3n) is 15.2. The molecule has 0 aliphatic carbocycles. The number of nitrogens with zero attached hydrogens (tertiary/aromatic N) is 9. The number of rotatable bonds is 18. The molecule has 4 aliphatic rings. The number of halogens is 3. The van der Waals surface area contributed by atoms with E-state index in [0.717, 1.165) is 36.2 Å². The quantitative estimate of drug-likeness (QED) is 0.0594. The zero-order chi connectivity index (χ0) is 53.5. The van der Waals surface area contributed by atoms with Crippen molar-refractivity contribution < 1.29 is 33.3 Å². The number of likely N-dealkylation sites (tertiary alicyclic amines) is 1. The molecule has 4 aliphatic heterocycles. The zero-order valence-corrected chi connectivity index (χ0v) is 44.6. The van der Waals surface area contributed by atoms with Gasteiger partial charge in [-0.1, -0.05) is 90.8 Å². The number of amides is 2. The van der Waals surface area contributed by atoms with Gasteiger partial charge in [0.15, 0.2) is 5.75 Å². The molecule has 0 spiro atoms. The predicted molar refractivity (Wildman–Crippen MR) is 290 cm³/mol. The topological polar surface area (TPSA) is 208 Å². The SMILES string of the molecule is COCCOc1nc(N2CC3CC2CN3)c2cc(Cl)c(-c3c(C)c(F)cc4[nH]ncc34)c(OCc3ccc(C4CN(C(C(=O)N5CCCC5C(=O)NC(CO)c5ccc(-c6ncccc6Cl)cc5)C(C)C)N=N4)cc3)c2n1. The Labute approximate surface area is 454 Å². The van der Waals surface area contributed by atoms with E-state index >= 15 is 4.39 Å². The van der Waals surface area contributed by atoms with Gasteiger partial charge in [-0.15, -0.1) is 0 Å². The van der Waals surface area contributed by atoms with Gasteiger partial charge < -0.3 is 39.8 Å². The van der Waals surface area contributed by atoms with Crippen LogP contribution in [0, 0.1) is 18.7 Å². The minimum atomic E-state index is -0.719. The van der Waals surface area contributed by atoms with Crippen LogP contribution in [-0.4, -0.2) is 129 Å². The highest BCUT2D eigenvalue weighted by atomic mass is 35.5. The molecule has 2 amide bonds. The maximum Gasteiger partial charge on any atom is 0.319 e. The third-order valence-corrected chi connectivity index (χ3v) is 15.8. The van der Waals surface area contributed by atoms with E-state index in [-0.39, 0.29) is 55.6 Å². The van der Waals surface area contributed by atoms with E-state index in [0.29, 0.717) is 110 Å². The van der Waals surface area contributed by atoms with Crippen LogP contribution < -0.4 is 25.0 Å². The lowest BCUT2D eigenvalue weighted by Gasteiger charge is -2.34. The second-order valence-corrected chi connectivity index (χ2v) is 21.2. The molecule has 21 heteroatoms. The van der Waals surface area contributed by atoms with Crippen LogP contribution >= 0.6 is 23.2 Å². The van der Waals surface area contributed by atoms with Crippen LogP contribution in [0.3, 0.4) is 0 Å². The highest BCUT2D eigenvalue weighted by molar-refractivity contribution is 6.36. The number of anilines is 1. The molecule has 3 fully saturated rings. The first-order chi connectivity index (χ1) is 37.4. The van der Waals surface area contributed by atoms with Crippen molar-refractivity contribution in [2.45, 2.75) is 82.9 Å². The number of hydrogen-bond acceptors (Lipinski definition) is 15. The van der Waals surface area contributed by atoms with Crippen molar-refractivity contribution in [1.82, 2.24) is 45.7 Å². The lowest BCUT2D eigenvalue weighted by atomic mass is 9.94. The highest BCUT2D eigenvalue weighted by Gasteiger charge is 2.43. The number of benzene rings is 4. The van der Waals surface area contributed by atoms with Crippen LogP contribution in [0.2, 0.25) is 10.0 Å². The van der Waals surface area contributed by atoms with Crippen molar-refractivity contribution in [2.75, 3.05) is 58.0 Å². The number of methoxy groups -OCH3 is 1. The Hall–Kier alpha value is -7.03. The van der Waals surface area contributed by atoms with Crippen LogP contribution in [-0.2, 0) is 20.9 Å². The average Bonchev–Trinajstić information content (AvgIpc) is 4.34. The van der Waals surface area contributed by atoms with E-state index in [1.165, 1.54) is 6.07 Å². The fourth-order valence-electron chi connectivity index (χ4n) is 11.3. The Morgan fingerprint density at radius 3 is 2.52 bits per heavy atom. The number of carbonyl (C=O) groups excluding carboxylic acids is 2. The van der Waals surface area contributed by atoms with Gasteiger partial charge in [0.25, 0.3) is 0 Å². The number of piperazine rings is 1. The number of fused-ring (bicyclic) bond motifs is 4. The number of aromatic amines is 1. The smallest absolute Gasteiger partial charge is 0.319 e. The second kappa shape index (κ2) is 22.1. The monoisotopic (exact) mass is 1080 g/mol. The standard InChI is InChI=1S/C56H59Cl2FN12O6/c1-30(2)51(55(74)69-18-6-8-46(69)54(73)63-45(28-72)34-13-15-35(16-14-34)49-40(57)7-5-17-60-49)71-27-44(67-68-71)33-11-9-32(10-12-33)29-77-52-48(47-31(3)42(59)23-43-39(47)25-62-66-43)41(58)22-38-50(52)64-56(76-20-19-75-4)65-53(38)70-26-36-21-37(70)24-61-36/h5,7,9-17,22-23,25,30,36-37,44-46,51,61,72H,6,8,18-21,24,26-29H2,1-4H3,(H,62,66)(H,63,73). The van der Waals surface area contributed by atoms with Crippen molar-refractivity contribution in [2.24, 2.45) is 16.3 Å². The molecule has 18 nitrogen and oxygen atoms in total. The second-order valence-electron chi connectivity index (χ2n) is 20.4. The van der Waals surface area contributed by atoms with Gasteiger partial charge in [-0.25, -0.2) is 4.39 Å². The fraction of sp³-hybridized carbons (Fsp3) is 0.393. The summed E-state index contributed by atoms with van der Waals surface area (Å²) >= 11 is 13.7. The Morgan fingerprint density at radius 1 is 0.974 bits per heavy atom. The number of pyridine rings is 1. The molecule has 4 aromatic carbocycles. The molecule has 0 saturated carbocycles. The van der Waals surface area contributed by atoms with Gasteiger partial charge in [-0.3, -0.25) is 24.7 Å². The molecule has 6 atom stereocenters. The predicted octanol–water partition coefficient (Wildman–Crippen LogP) is 8.73. The summed E-state index contributed by atoms with van der Waals surface area (Å²) < 4.78 is 34.1. The molecule has 0 radical (unpaired) electrons. The summed E-state index contributed by atoms with van der Waals surface area (Å²) in [5, 5.41) is 37.3. The third kappa shape index (κ3) is 10.2. The number of aliphatic hydroxyl groups excluding tert-OH is 1. The van der Waals surface area contributed by atoms with Crippen molar-refractivity contribution >= 4 is 62.6 Å². The van der Waals surface area contributed by atoms with Crippen LogP contribution in [0.25, 0.3) is 44.2 Å². The molecular weight excluding hydrogens is 1030 g/mol. The Kier molecular flexibility index (Phi) is 15.0. The van der Waals surface area contributed by atoms with Gasteiger partial charge in [-0.05, 0) is 78.6 Å². The lowest BCUT2D eigenvalue weighted by Crippen LogP contribution is -2.54. The molecule has 2 bridgehead atoms. The Balaban J connectivity index is 0.815. The summed E-state index contributed by atoms with van der Waals surface area (Å²) in [7, 11) is 1.60. The molecule has 3 saturated heterocycles. The molecule has 7 heterocycles. The first-order valence-corrected chi connectivity index (χ1v) is 26.7. The molecule has 77 heavy (non-hydrogen) atoms. The van der Waals surface area contributed by atoms with Crippen LogP contribution in [0.15, 0.2) is 95.5 Å². The first-order valence-electron chi connectivity index (χ1n) is 26.0. The van der Waals surface area contributed by atoms with E-state index in [1.807, 2.05) is 68.4 Å². The summed E-state index contributed by atoms with van der Waals surface area (Å²) in [5.74, 6) is -0.119. The number of aliphatic hydroxyl groups is 1. The van der Waals surface area contributed by atoms with Gasteiger partial charge in [-0.2, -0.15) is 20.2 Å². The highest BCUT2D eigenvalue weighted by Crippen LogP contribution is 2.49. The van der Waals surface area contributed by atoms with Gasteiger partial charge >= 0.3 is 6.01 Å². The largest absolute Gasteiger partial charge is 0.486 e. The molecular formula is C56H59Cl2FN12O6.